The second-order valence-corrected chi connectivity index (χ2v) is 7.77. The highest BCUT2D eigenvalue weighted by Gasteiger charge is 2.34. The van der Waals surface area contributed by atoms with E-state index < -0.39 is 0 Å². The highest BCUT2D eigenvalue weighted by molar-refractivity contribution is 5.68. The van der Waals surface area contributed by atoms with Gasteiger partial charge in [-0.1, -0.05) is 0 Å². The Hall–Kier alpha value is -2.93. The van der Waals surface area contributed by atoms with Crippen LogP contribution in [0.15, 0.2) is 42.7 Å². The lowest BCUT2D eigenvalue weighted by atomic mass is 10.0. The minimum Gasteiger partial charge on any atom is -0.507 e. The average molecular weight is 377 g/mol. The number of phenols is 1. The number of benzene rings is 1. The molecule has 3 atom stereocenters. The van der Waals surface area contributed by atoms with Crippen LogP contribution in [0.5, 0.6) is 11.6 Å². The van der Waals surface area contributed by atoms with Crippen LogP contribution >= 0.6 is 0 Å². The van der Waals surface area contributed by atoms with Gasteiger partial charge in [0.15, 0.2) is 0 Å². The maximum atomic E-state index is 10.5. The smallest absolute Gasteiger partial charge is 0.233 e. The minimum absolute atomic E-state index is 0.142. The molecular formula is C21H23N5O2. The monoisotopic (exact) mass is 377 g/mol. The number of phenolic OH excluding ortho intramolecular Hbond substituents is 1. The standard InChI is InChI=1S/C21H23N5O2/c1-13-11-22-26(12-13)16-4-5-18(20(27)10-16)19-6-7-21(25-24-19)28-17-8-14-2-3-15(9-17)23-14/h4-7,10-12,14-15,17,23,27H,2-3,8-9H2,1H3/t14-,15+,17-. The summed E-state index contributed by atoms with van der Waals surface area (Å²) in [6.45, 7) is 1.98. The van der Waals surface area contributed by atoms with Crippen LogP contribution in [0.4, 0.5) is 0 Å². The third kappa shape index (κ3) is 3.33. The van der Waals surface area contributed by atoms with Crippen LogP contribution in [0.2, 0.25) is 0 Å². The van der Waals surface area contributed by atoms with E-state index in [1.165, 1.54) is 12.8 Å². The van der Waals surface area contributed by atoms with E-state index in [2.05, 4.69) is 20.6 Å². The summed E-state index contributed by atoms with van der Waals surface area (Å²) in [6, 6.07) is 10.2. The van der Waals surface area contributed by atoms with Crippen molar-refractivity contribution in [2.75, 3.05) is 0 Å². The topological polar surface area (TPSA) is 85.1 Å². The molecule has 1 aromatic carbocycles. The van der Waals surface area contributed by atoms with Crippen molar-refractivity contribution in [3.63, 3.8) is 0 Å². The molecule has 28 heavy (non-hydrogen) atoms. The van der Waals surface area contributed by atoms with Gasteiger partial charge >= 0.3 is 0 Å². The van der Waals surface area contributed by atoms with Crippen molar-refractivity contribution in [1.82, 2.24) is 25.3 Å². The van der Waals surface area contributed by atoms with Gasteiger partial charge in [0.05, 0.1) is 17.6 Å². The molecular weight excluding hydrogens is 354 g/mol. The number of fused-ring (bicyclic) bond motifs is 2. The predicted octanol–water partition coefficient (Wildman–Crippen LogP) is 3.01. The molecule has 7 nitrogen and oxygen atoms in total. The van der Waals surface area contributed by atoms with E-state index in [4.69, 9.17) is 4.74 Å². The van der Waals surface area contributed by atoms with E-state index in [9.17, 15) is 5.11 Å². The first-order valence-electron chi connectivity index (χ1n) is 9.75. The van der Waals surface area contributed by atoms with Crippen molar-refractivity contribution >= 4 is 0 Å². The molecule has 7 heteroatoms. The van der Waals surface area contributed by atoms with Crippen LogP contribution in [0, 0.1) is 6.92 Å². The summed E-state index contributed by atoms with van der Waals surface area (Å²) in [5.41, 5.74) is 3.10. The maximum Gasteiger partial charge on any atom is 0.233 e. The number of piperidine rings is 1. The molecule has 0 amide bonds. The minimum atomic E-state index is 0.142. The highest BCUT2D eigenvalue weighted by Crippen LogP contribution is 2.31. The average Bonchev–Trinajstić information content (AvgIpc) is 3.27. The second-order valence-electron chi connectivity index (χ2n) is 7.77. The lowest BCUT2D eigenvalue weighted by Gasteiger charge is -2.28. The Morgan fingerprint density at radius 2 is 1.93 bits per heavy atom. The molecule has 2 aromatic heterocycles. The molecule has 2 aliphatic heterocycles. The van der Waals surface area contributed by atoms with Gasteiger partial charge in [-0.2, -0.15) is 5.10 Å². The zero-order chi connectivity index (χ0) is 19.1. The molecule has 0 spiro atoms. The molecule has 2 fully saturated rings. The Morgan fingerprint density at radius 3 is 2.57 bits per heavy atom. The van der Waals surface area contributed by atoms with Gasteiger partial charge in [0.25, 0.3) is 0 Å². The molecule has 3 aromatic rings. The number of aryl methyl sites for hydroxylation is 1. The Bertz CT molecular complexity index is 973. The lowest BCUT2D eigenvalue weighted by molar-refractivity contribution is 0.130. The zero-order valence-corrected chi connectivity index (χ0v) is 15.7. The summed E-state index contributed by atoms with van der Waals surface area (Å²) >= 11 is 0. The number of nitrogens with one attached hydrogen (secondary N) is 1. The van der Waals surface area contributed by atoms with Crippen molar-refractivity contribution in [2.24, 2.45) is 0 Å². The van der Waals surface area contributed by atoms with E-state index in [0.29, 0.717) is 29.2 Å². The lowest BCUT2D eigenvalue weighted by Crippen LogP contribution is -2.42. The van der Waals surface area contributed by atoms with E-state index in [-0.39, 0.29) is 11.9 Å². The number of aromatic nitrogens is 4. The van der Waals surface area contributed by atoms with E-state index >= 15 is 0 Å². The second kappa shape index (κ2) is 6.91. The van der Waals surface area contributed by atoms with Crippen molar-refractivity contribution in [3.05, 3.63) is 48.3 Å². The Labute approximate surface area is 163 Å². The number of aromatic hydroxyl groups is 1. The molecule has 0 aliphatic carbocycles. The van der Waals surface area contributed by atoms with Gasteiger partial charge < -0.3 is 15.2 Å². The third-order valence-electron chi connectivity index (χ3n) is 5.59. The number of rotatable bonds is 4. The molecule has 5 rings (SSSR count). The molecule has 4 heterocycles. The number of nitrogens with zero attached hydrogens (tertiary/aromatic N) is 4. The fourth-order valence-electron chi connectivity index (χ4n) is 4.23. The van der Waals surface area contributed by atoms with Gasteiger partial charge in [0, 0.05) is 36.0 Å². The van der Waals surface area contributed by atoms with Gasteiger partial charge in [0.1, 0.15) is 11.9 Å². The first-order chi connectivity index (χ1) is 13.6. The summed E-state index contributed by atoms with van der Waals surface area (Å²) in [7, 11) is 0. The predicted molar refractivity (Wildman–Crippen MR) is 105 cm³/mol. The quantitative estimate of drug-likeness (QED) is 0.727. The van der Waals surface area contributed by atoms with Gasteiger partial charge in [0.2, 0.25) is 5.88 Å². The molecule has 2 saturated heterocycles. The Morgan fingerprint density at radius 1 is 1.11 bits per heavy atom. The van der Waals surface area contributed by atoms with Gasteiger partial charge in [-0.3, -0.25) is 0 Å². The fraction of sp³-hybridized carbons (Fsp3) is 0.381. The molecule has 2 aliphatic rings. The summed E-state index contributed by atoms with van der Waals surface area (Å²) in [4.78, 5) is 0. The summed E-state index contributed by atoms with van der Waals surface area (Å²) in [5, 5.41) is 26.8. The van der Waals surface area contributed by atoms with Crippen molar-refractivity contribution in [3.8, 4) is 28.6 Å². The van der Waals surface area contributed by atoms with Crippen molar-refractivity contribution < 1.29 is 9.84 Å². The number of hydrogen-bond donors (Lipinski definition) is 2. The molecule has 144 valence electrons. The normalized spacial score (nSPS) is 23.7. The Kier molecular flexibility index (Phi) is 4.24. The Balaban J connectivity index is 1.31. The SMILES string of the molecule is Cc1cnn(-c2ccc(-c3ccc(O[C@@H]4C[C@H]5CC[C@@H](C4)N5)nn3)c(O)c2)c1. The molecule has 2 bridgehead atoms. The highest BCUT2D eigenvalue weighted by atomic mass is 16.5. The maximum absolute atomic E-state index is 10.5. The fourth-order valence-corrected chi connectivity index (χ4v) is 4.23. The van der Waals surface area contributed by atoms with Crippen LogP contribution in [-0.2, 0) is 0 Å². The molecule has 2 N–H and O–H groups in total. The van der Waals surface area contributed by atoms with Crippen LogP contribution in [-0.4, -0.2) is 43.3 Å². The van der Waals surface area contributed by atoms with Gasteiger partial charge in [-0.05, 0) is 56.4 Å². The third-order valence-corrected chi connectivity index (χ3v) is 5.59. The van der Waals surface area contributed by atoms with Crippen LogP contribution in [0.3, 0.4) is 0 Å². The van der Waals surface area contributed by atoms with Crippen LogP contribution in [0.25, 0.3) is 16.9 Å². The number of hydrogen-bond acceptors (Lipinski definition) is 6. The van der Waals surface area contributed by atoms with E-state index in [1.807, 2.05) is 37.4 Å². The van der Waals surface area contributed by atoms with Crippen LogP contribution < -0.4 is 10.1 Å². The van der Waals surface area contributed by atoms with Crippen molar-refractivity contribution in [1.29, 1.82) is 0 Å². The molecule has 0 saturated carbocycles. The summed E-state index contributed by atoms with van der Waals surface area (Å²) in [5.74, 6) is 0.682. The van der Waals surface area contributed by atoms with Gasteiger partial charge in [-0.25, -0.2) is 4.68 Å². The van der Waals surface area contributed by atoms with E-state index in [1.54, 1.807) is 16.9 Å². The van der Waals surface area contributed by atoms with Crippen molar-refractivity contribution in [2.45, 2.75) is 50.8 Å². The zero-order valence-electron chi connectivity index (χ0n) is 15.7. The molecule has 0 radical (unpaired) electrons. The van der Waals surface area contributed by atoms with Gasteiger partial charge in [-0.15, -0.1) is 10.2 Å². The molecule has 0 unspecified atom stereocenters. The largest absolute Gasteiger partial charge is 0.507 e. The summed E-state index contributed by atoms with van der Waals surface area (Å²) < 4.78 is 7.78. The first kappa shape index (κ1) is 17.2. The van der Waals surface area contributed by atoms with E-state index in [0.717, 1.165) is 24.1 Å². The van der Waals surface area contributed by atoms with Crippen LogP contribution in [0.1, 0.15) is 31.2 Å². The summed E-state index contributed by atoms with van der Waals surface area (Å²) in [6.07, 6.45) is 8.41. The number of ether oxygens (including phenoxy) is 1. The first-order valence-corrected chi connectivity index (χ1v) is 9.75.